The van der Waals surface area contributed by atoms with Crippen LogP contribution in [0.5, 0.6) is 0 Å². The number of thioether (sulfide) groups is 1. The molecule has 144 valence electrons. The number of hydrogen-bond donors (Lipinski definition) is 1. The Morgan fingerprint density at radius 2 is 1.93 bits per heavy atom. The molecule has 0 saturated carbocycles. The zero-order valence-corrected chi connectivity index (χ0v) is 16.6. The molecule has 1 atom stereocenters. The monoisotopic (exact) mass is 385 g/mol. The molecule has 0 spiro atoms. The molecule has 3 aromatic rings. The van der Waals surface area contributed by atoms with Gasteiger partial charge in [0, 0.05) is 31.6 Å². The molecule has 0 radical (unpaired) electrons. The fourth-order valence-corrected chi connectivity index (χ4v) is 3.64. The van der Waals surface area contributed by atoms with E-state index in [-0.39, 0.29) is 11.9 Å². The van der Waals surface area contributed by atoms with Crippen molar-refractivity contribution >= 4 is 23.3 Å². The standard InChI is InChI=1S/C20H27N5OS/c1-27-16-11-17(24-13-7-8-14-24)20(26)21-12-5-2-3-9-18-22-23-19-10-4-6-15-25(18)19/h4,6-8,10,13-15,17H,2-3,5,9,11-12,16H2,1H3,(H,21,26). The summed E-state index contributed by atoms with van der Waals surface area (Å²) in [7, 11) is 0. The minimum atomic E-state index is -0.116. The van der Waals surface area contributed by atoms with Gasteiger partial charge in [0.15, 0.2) is 5.65 Å². The van der Waals surface area contributed by atoms with Gasteiger partial charge in [0.05, 0.1) is 0 Å². The molecule has 6 nitrogen and oxygen atoms in total. The molecule has 1 N–H and O–H groups in total. The molecule has 0 aliphatic rings. The maximum Gasteiger partial charge on any atom is 0.243 e. The highest BCUT2D eigenvalue weighted by Gasteiger charge is 2.18. The summed E-state index contributed by atoms with van der Waals surface area (Å²) < 4.78 is 4.04. The van der Waals surface area contributed by atoms with Crippen LogP contribution in [-0.4, -0.2) is 43.6 Å². The van der Waals surface area contributed by atoms with Gasteiger partial charge in [0.1, 0.15) is 11.9 Å². The number of aromatic nitrogens is 4. The van der Waals surface area contributed by atoms with Crippen molar-refractivity contribution in [2.24, 2.45) is 0 Å². The second-order valence-electron chi connectivity index (χ2n) is 6.57. The van der Waals surface area contributed by atoms with E-state index < -0.39 is 0 Å². The first-order valence-electron chi connectivity index (χ1n) is 9.47. The number of carbonyl (C=O) groups is 1. The summed E-state index contributed by atoms with van der Waals surface area (Å²) in [5, 5.41) is 11.5. The highest BCUT2D eigenvalue weighted by molar-refractivity contribution is 7.98. The first-order valence-corrected chi connectivity index (χ1v) is 10.9. The number of unbranched alkanes of at least 4 members (excludes halogenated alkanes) is 2. The Hall–Kier alpha value is -2.28. The Morgan fingerprint density at radius 1 is 1.11 bits per heavy atom. The van der Waals surface area contributed by atoms with Gasteiger partial charge in [-0.1, -0.05) is 12.5 Å². The molecule has 0 fully saturated rings. The zero-order valence-electron chi connectivity index (χ0n) is 15.8. The van der Waals surface area contributed by atoms with Gasteiger partial charge in [-0.25, -0.2) is 0 Å². The van der Waals surface area contributed by atoms with Crippen LogP contribution in [0.1, 0.15) is 37.5 Å². The van der Waals surface area contributed by atoms with E-state index in [4.69, 9.17) is 0 Å². The number of fused-ring (bicyclic) bond motifs is 1. The van der Waals surface area contributed by atoms with Gasteiger partial charge < -0.3 is 9.88 Å². The van der Waals surface area contributed by atoms with Crippen molar-refractivity contribution in [3.63, 3.8) is 0 Å². The summed E-state index contributed by atoms with van der Waals surface area (Å²) in [6.45, 7) is 0.719. The van der Waals surface area contributed by atoms with Crippen LogP contribution in [0.2, 0.25) is 0 Å². The fourth-order valence-electron chi connectivity index (χ4n) is 3.18. The predicted molar refractivity (Wildman–Crippen MR) is 110 cm³/mol. The van der Waals surface area contributed by atoms with Crippen LogP contribution in [0, 0.1) is 0 Å². The topological polar surface area (TPSA) is 64.2 Å². The summed E-state index contributed by atoms with van der Waals surface area (Å²) in [4.78, 5) is 12.6. The minimum Gasteiger partial charge on any atom is -0.354 e. The van der Waals surface area contributed by atoms with Crippen molar-refractivity contribution in [2.75, 3.05) is 18.6 Å². The summed E-state index contributed by atoms with van der Waals surface area (Å²) in [6, 6.07) is 9.74. The van der Waals surface area contributed by atoms with Crippen LogP contribution in [0.4, 0.5) is 0 Å². The van der Waals surface area contributed by atoms with Crippen molar-refractivity contribution < 1.29 is 4.79 Å². The van der Waals surface area contributed by atoms with Crippen LogP contribution >= 0.6 is 11.8 Å². The third-order valence-electron chi connectivity index (χ3n) is 4.65. The predicted octanol–water partition coefficient (Wildman–Crippen LogP) is 3.35. The Balaban J connectivity index is 1.38. The molecule has 0 aromatic carbocycles. The molecule has 3 aromatic heterocycles. The third-order valence-corrected chi connectivity index (χ3v) is 5.29. The maximum absolute atomic E-state index is 12.6. The van der Waals surface area contributed by atoms with E-state index in [0.29, 0.717) is 0 Å². The molecular formula is C20H27N5OS. The number of rotatable bonds is 11. The number of carbonyl (C=O) groups excluding carboxylic acids is 1. The number of nitrogens with one attached hydrogen (secondary N) is 1. The molecule has 1 amide bonds. The van der Waals surface area contributed by atoms with Gasteiger partial charge in [-0.05, 0) is 55.5 Å². The smallest absolute Gasteiger partial charge is 0.243 e. The third kappa shape index (κ3) is 5.35. The normalized spacial score (nSPS) is 12.3. The fraction of sp³-hybridized carbons (Fsp3) is 0.450. The summed E-state index contributed by atoms with van der Waals surface area (Å²) in [6.07, 6.45) is 12.8. The molecule has 0 aliphatic heterocycles. The molecule has 0 aliphatic carbocycles. The van der Waals surface area contributed by atoms with Gasteiger partial charge in [-0.15, -0.1) is 10.2 Å². The first-order chi connectivity index (χ1) is 13.3. The molecule has 3 rings (SSSR count). The minimum absolute atomic E-state index is 0.115. The first kappa shape index (κ1) is 19.5. The van der Waals surface area contributed by atoms with Gasteiger partial charge >= 0.3 is 0 Å². The van der Waals surface area contributed by atoms with Crippen molar-refractivity contribution in [1.82, 2.24) is 24.5 Å². The lowest BCUT2D eigenvalue weighted by molar-refractivity contribution is -0.124. The lowest BCUT2D eigenvalue weighted by atomic mass is 10.1. The van der Waals surface area contributed by atoms with Crippen LogP contribution in [-0.2, 0) is 11.2 Å². The van der Waals surface area contributed by atoms with Gasteiger partial charge in [0.25, 0.3) is 0 Å². The average molecular weight is 386 g/mol. The molecular weight excluding hydrogens is 358 g/mol. The van der Waals surface area contributed by atoms with Crippen molar-refractivity contribution in [3.05, 3.63) is 54.7 Å². The van der Waals surface area contributed by atoms with Crippen LogP contribution in [0.25, 0.3) is 5.65 Å². The van der Waals surface area contributed by atoms with Crippen LogP contribution < -0.4 is 5.32 Å². The van der Waals surface area contributed by atoms with Crippen molar-refractivity contribution in [3.8, 4) is 0 Å². The number of pyridine rings is 1. The largest absolute Gasteiger partial charge is 0.354 e. The average Bonchev–Trinajstić information content (AvgIpc) is 3.35. The molecule has 7 heteroatoms. The second kappa shape index (κ2) is 10.2. The number of nitrogens with zero attached hydrogens (tertiary/aromatic N) is 4. The Labute approximate surface area is 164 Å². The van der Waals surface area contributed by atoms with E-state index in [1.54, 1.807) is 11.8 Å². The maximum atomic E-state index is 12.6. The van der Waals surface area contributed by atoms with Crippen molar-refractivity contribution in [2.45, 2.75) is 38.1 Å². The molecule has 0 bridgehead atoms. The summed E-state index contributed by atoms with van der Waals surface area (Å²) >= 11 is 1.77. The van der Waals surface area contributed by atoms with Gasteiger partial charge in [-0.3, -0.25) is 9.20 Å². The van der Waals surface area contributed by atoms with Gasteiger partial charge in [0.2, 0.25) is 5.91 Å². The lowest BCUT2D eigenvalue weighted by Gasteiger charge is -2.18. The zero-order chi connectivity index (χ0) is 18.9. The Bertz CT molecular complexity index is 830. The SMILES string of the molecule is CSCCC(C(=O)NCCCCCc1nnc2ccccn12)n1cccc1. The van der Waals surface area contributed by atoms with E-state index in [2.05, 4.69) is 21.8 Å². The molecule has 27 heavy (non-hydrogen) atoms. The van der Waals surface area contributed by atoms with Crippen molar-refractivity contribution in [1.29, 1.82) is 0 Å². The molecule has 0 saturated heterocycles. The summed E-state index contributed by atoms with van der Waals surface area (Å²) in [5.41, 5.74) is 0.890. The van der Waals surface area contributed by atoms with E-state index in [1.807, 2.05) is 57.9 Å². The molecule has 3 heterocycles. The second-order valence-corrected chi connectivity index (χ2v) is 7.56. The van der Waals surface area contributed by atoms with Crippen LogP contribution in [0.15, 0.2) is 48.9 Å². The Kier molecular flexibility index (Phi) is 7.33. The Morgan fingerprint density at radius 3 is 2.74 bits per heavy atom. The number of aryl methyl sites for hydroxylation is 1. The highest BCUT2D eigenvalue weighted by Crippen LogP contribution is 2.15. The quantitative estimate of drug-likeness (QED) is 0.514. The van der Waals surface area contributed by atoms with E-state index in [1.165, 1.54) is 0 Å². The van der Waals surface area contributed by atoms with E-state index >= 15 is 0 Å². The molecule has 1 unspecified atom stereocenters. The van der Waals surface area contributed by atoms with Crippen LogP contribution in [0.3, 0.4) is 0 Å². The number of amides is 1. The number of hydrogen-bond acceptors (Lipinski definition) is 4. The van der Waals surface area contributed by atoms with Gasteiger partial charge in [-0.2, -0.15) is 11.8 Å². The summed E-state index contributed by atoms with van der Waals surface area (Å²) in [5.74, 6) is 2.09. The highest BCUT2D eigenvalue weighted by atomic mass is 32.2. The van der Waals surface area contributed by atoms with E-state index in [0.717, 1.165) is 55.9 Å². The lowest BCUT2D eigenvalue weighted by Crippen LogP contribution is -2.33. The van der Waals surface area contributed by atoms with E-state index in [9.17, 15) is 4.79 Å².